The van der Waals surface area contributed by atoms with Crippen LogP contribution in [0.1, 0.15) is 12.8 Å². The number of nitrogens with one attached hydrogen (secondary N) is 1. The minimum absolute atomic E-state index is 0. The maximum absolute atomic E-state index is 5.80. The molecule has 0 bridgehead atoms. The molecule has 0 amide bonds. The summed E-state index contributed by atoms with van der Waals surface area (Å²) in [7, 11) is 1.88. The van der Waals surface area contributed by atoms with Gasteiger partial charge in [-0.2, -0.15) is 11.8 Å². The van der Waals surface area contributed by atoms with Crippen molar-refractivity contribution in [1.29, 1.82) is 0 Å². The Morgan fingerprint density at radius 3 is 2.54 bits per heavy atom. The molecule has 0 aromatic heterocycles. The predicted molar refractivity (Wildman–Crippen MR) is 124 cm³/mol. The third kappa shape index (κ3) is 8.81. The van der Waals surface area contributed by atoms with Crippen molar-refractivity contribution in [3.63, 3.8) is 0 Å². The molecule has 0 saturated carbocycles. The second kappa shape index (κ2) is 14.4. The van der Waals surface area contributed by atoms with E-state index in [0.29, 0.717) is 0 Å². The summed E-state index contributed by atoms with van der Waals surface area (Å²) in [5, 5.41) is 3.50. The minimum Gasteiger partial charge on any atom is -0.492 e. The SMILES string of the molecule is CN=C(NCCCCSC)N1CCN(CCOc2ccccc2)CC1.I. The van der Waals surface area contributed by atoms with E-state index in [1.165, 1.54) is 18.6 Å². The fourth-order valence-electron chi connectivity index (χ4n) is 2.90. The first-order valence-electron chi connectivity index (χ1n) is 9.18. The average molecular weight is 492 g/mol. The Bertz CT molecular complexity index is 496. The van der Waals surface area contributed by atoms with Crippen molar-refractivity contribution >= 4 is 41.7 Å². The van der Waals surface area contributed by atoms with Crippen LogP contribution in [0.4, 0.5) is 0 Å². The van der Waals surface area contributed by atoms with Gasteiger partial charge in [0, 0.05) is 46.3 Å². The van der Waals surface area contributed by atoms with Gasteiger partial charge in [-0.15, -0.1) is 24.0 Å². The largest absolute Gasteiger partial charge is 0.492 e. The van der Waals surface area contributed by atoms with E-state index in [2.05, 4.69) is 26.4 Å². The number of hydrogen-bond donors (Lipinski definition) is 1. The number of halogens is 1. The van der Waals surface area contributed by atoms with Crippen molar-refractivity contribution in [2.24, 2.45) is 4.99 Å². The van der Waals surface area contributed by atoms with Gasteiger partial charge < -0.3 is 15.0 Å². The van der Waals surface area contributed by atoms with Crippen LogP contribution in [-0.4, -0.2) is 80.7 Å². The maximum atomic E-state index is 5.80. The van der Waals surface area contributed by atoms with E-state index in [1.54, 1.807) is 0 Å². The number of unbranched alkanes of at least 4 members (excludes halogenated alkanes) is 1. The summed E-state index contributed by atoms with van der Waals surface area (Å²) in [6, 6.07) is 10.0. The highest BCUT2D eigenvalue weighted by atomic mass is 127. The van der Waals surface area contributed by atoms with Crippen LogP contribution in [0.25, 0.3) is 0 Å². The lowest BCUT2D eigenvalue weighted by molar-refractivity contribution is 0.152. The predicted octanol–water partition coefficient (Wildman–Crippen LogP) is 3.02. The van der Waals surface area contributed by atoms with E-state index in [-0.39, 0.29) is 24.0 Å². The molecular weight excluding hydrogens is 459 g/mol. The molecule has 0 aliphatic carbocycles. The van der Waals surface area contributed by atoms with Gasteiger partial charge in [0.15, 0.2) is 5.96 Å². The Morgan fingerprint density at radius 2 is 1.88 bits per heavy atom. The van der Waals surface area contributed by atoms with Crippen LogP contribution in [0.2, 0.25) is 0 Å². The Morgan fingerprint density at radius 1 is 1.15 bits per heavy atom. The van der Waals surface area contributed by atoms with Gasteiger partial charge in [-0.3, -0.25) is 9.89 Å². The van der Waals surface area contributed by atoms with Crippen molar-refractivity contribution in [3.05, 3.63) is 30.3 Å². The molecule has 1 aliphatic rings. The van der Waals surface area contributed by atoms with E-state index >= 15 is 0 Å². The molecule has 0 atom stereocenters. The molecule has 1 N–H and O–H groups in total. The molecule has 1 saturated heterocycles. The van der Waals surface area contributed by atoms with E-state index in [9.17, 15) is 0 Å². The molecular formula is C19H33IN4OS. The highest BCUT2D eigenvalue weighted by Crippen LogP contribution is 2.09. The van der Waals surface area contributed by atoms with Crippen LogP contribution in [0.15, 0.2) is 35.3 Å². The molecule has 26 heavy (non-hydrogen) atoms. The van der Waals surface area contributed by atoms with Crippen molar-refractivity contribution < 1.29 is 4.74 Å². The number of benzene rings is 1. The monoisotopic (exact) mass is 492 g/mol. The van der Waals surface area contributed by atoms with E-state index in [1.807, 2.05) is 49.1 Å². The fraction of sp³-hybridized carbons (Fsp3) is 0.632. The van der Waals surface area contributed by atoms with Gasteiger partial charge >= 0.3 is 0 Å². The molecule has 1 aromatic rings. The Kier molecular flexibility index (Phi) is 12.9. The van der Waals surface area contributed by atoms with Crippen molar-refractivity contribution in [3.8, 4) is 5.75 Å². The summed E-state index contributed by atoms with van der Waals surface area (Å²) in [6.45, 7) is 6.90. The lowest BCUT2D eigenvalue weighted by Crippen LogP contribution is -2.53. The van der Waals surface area contributed by atoms with Crippen LogP contribution in [-0.2, 0) is 0 Å². The molecule has 2 rings (SSSR count). The second-order valence-electron chi connectivity index (χ2n) is 6.16. The normalized spacial score (nSPS) is 15.5. The molecule has 1 heterocycles. The Labute approximate surface area is 180 Å². The highest BCUT2D eigenvalue weighted by molar-refractivity contribution is 14.0. The van der Waals surface area contributed by atoms with Gasteiger partial charge in [0.25, 0.3) is 0 Å². The van der Waals surface area contributed by atoms with E-state index < -0.39 is 0 Å². The second-order valence-corrected chi connectivity index (χ2v) is 7.15. The summed E-state index contributed by atoms with van der Waals surface area (Å²) < 4.78 is 5.80. The number of thioether (sulfide) groups is 1. The third-order valence-corrected chi connectivity index (χ3v) is 5.06. The third-order valence-electron chi connectivity index (χ3n) is 4.36. The van der Waals surface area contributed by atoms with E-state index in [4.69, 9.17) is 4.74 Å². The van der Waals surface area contributed by atoms with Crippen molar-refractivity contribution in [1.82, 2.24) is 15.1 Å². The highest BCUT2D eigenvalue weighted by Gasteiger charge is 2.19. The lowest BCUT2D eigenvalue weighted by Gasteiger charge is -2.36. The van der Waals surface area contributed by atoms with Crippen molar-refractivity contribution in [2.45, 2.75) is 12.8 Å². The molecule has 1 aliphatic heterocycles. The summed E-state index contributed by atoms with van der Waals surface area (Å²) in [5.74, 6) is 3.24. The standard InChI is InChI=1S/C19H32N4OS.HI/c1-20-19(21-10-6-7-17-25-2)23-13-11-22(12-14-23)15-16-24-18-8-4-3-5-9-18;/h3-5,8-9H,6-7,10-17H2,1-2H3,(H,20,21);1H. The molecule has 0 radical (unpaired) electrons. The molecule has 1 aromatic carbocycles. The zero-order chi connectivity index (χ0) is 17.7. The average Bonchev–Trinajstić information content (AvgIpc) is 2.66. The number of ether oxygens (including phenoxy) is 1. The number of hydrogen-bond acceptors (Lipinski definition) is 4. The summed E-state index contributed by atoms with van der Waals surface area (Å²) in [4.78, 5) is 9.27. The summed E-state index contributed by atoms with van der Waals surface area (Å²) in [6.07, 6.45) is 4.63. The number of piperazine rings is 1. The number of rotatable bonds is 9. The minimum atomic E-state index is 0. The summed E-state index contributed by atoms with van der Waals surface area (Å²) in [5.41, 5.74) is 0. The van der Waals surface area contributed by atoms with Gasteiger partial charge in [0.2, 0.25) is 0 Å². The number of aliphatic imine (C=N–C) groups is 1. The first kappa shape index (κ1) is 23.4. The topological polar surface area (TPSA) is 40.1 Å². The lowest BCUT2D eigenvalue weighted by atomic mass is 10.3. The maximum Gasteiger partial charge on any atom is 0.193 e. The van der Waals surface area contributed by atoms with Crippen LogP contribution in [0, 0.1) is 0 Å². The Hall–Kier alpha value is -0.670. The molecule has 0 spiro atoms. The number of para-hydroxylation sites is 1. The molecule has 7 heteroatoms. The van der Waals surface area contributed by atoms with Gasteiger partial charge in [-0.25, -0.2) is 0 Å². The quantitative estimate of drug-likeness (QED) is 0.249. The van der Waals surface area contributed by atoms with Crippen LogP contribution >= 0.6 is 35.7 Å². The smallest absolute Gasteiger partial charge is 0.193 e. The first-order valence-corrected chi connectivity index (χ1v) is 10.6. The van der Waals surface area contributed by atoms with Crippen LogP contribution in [0.5, 0.6) is 5.75 Å². The number of nitrogens with zero attached hydrogens (tertiary/aromatic N) is 3. The fourth-order valence-corrected chi connectivity index (χ4v) is 3.39. The van der Waals surface area contributed by atoms with Crippen LogP contribution in [0.3, 0.4) is 0 Å². The zero-order valence-electron chi connectivity index (χ0n) is 16.0. The molecule has 5 nitrogen and oxygen atoms in total. The van der Waals surface area contributed by atoms with Gasteiger partial charge in [-0.1, -0.05) is 18.2 Å². The van der Waals surface area contributed by atoms with Gasteiger partial charge in [0.1, 0.15) is 12.4 Å². The molecule has 1 fully saturated rings. The first-order chi connectivity index (χ1) is 12.3. The van der Waals surface area contributed by atoms with Crippen molar-refractivity contribution in [2.75, 3.05) is 64.9 Å². The van der Waals surface area contributed by atoms with Crippen LogP contribution < -0.4 is 10.1 Å². The van der Waals surface area contributed by atoms with Gasteiger partial charge in [0.05, 0.1) is 0 Å². The molecule has 0 unspecified atom stereocenters. The van der Waals surface area contributed by atoms with E-state index in [0.717, 1.165) is 57.6 Å². The summed E-state index contributed by atoms with van der Waals surface area (Å²) >= 11 is 1.92. The molecule has 148 valence electrons. The Balaban J connectivity index is 0.00000338. The number of guanidine groups is 1. The zero-order valence-corrected chi connectivity index (χ0v) is 19.2. The van der Waals surface area contributed by atoms with Gasteiger partial charge in [-0.05, 0) is 37.0 Å².